The lowest BCUT2D eigenvalue weighted by atomic mass is 9.71. The second kappa shape index (κ2) is 4.59. The highest BCUT2D eigenvalue weighted by molar-refractivity contribution is 6.18. The Morgan fingerprint density at radius 1 is 1.05 bits per heavy atom. The molecule has 2 unspecified atom stereocenters. The number of carbonyl (C=O) groups excluding carboxylic acids is 2. The molecule has 3 rings (SSSR count). The van der Waals surface area contributed by atoms with Crippen LogP contribution in [-0.2, 0) is 6.54 Å². The van der Waals surface area contributed by atoms with Gasteiger partial charge in [0.2, 0.25) is 0 Å². The van der Waals surface area contributed by atoms with Crippen LogP contribution < -0.4 is 5.32 Å². The Kier molecular flexibility index (Phi) is 2.91. The van der Waals surface area contributed by atoms with Gasteiger partial charge in [0.1, 0.15) is 0 Å². The molecule has 0 spiro atoms. The van der Waals surface area contributed by atoms with Crippen molar-refractivity contribution in [1.82, 2.24) is 5.32 Å². The summed E-state index contributed by atoms with van der Waals surface area (Å²) in [5.41, 5.74) is 2.07. The fraction of sp³-hybridized carbons (Fsp3) is 0.250. The van der Waals surface area contributed by atoms with Gasteiger partial charge in [-0.05, 0) is 12.6 Å². The van der Waals surface area contributed by atoms with Crippen molar-refractivity contribution in [2.24, 2.45) is 11.8 Å². The quantitative estimate of drug-likeness (QED) is 0.878. The molecule has 0 fully saturated rings. The van der Waals surface area contributed by atoms with Crippen molar-refractivity contribution in [3.63, 3.8) is 0 Å². The molecule has 1 N–H and O–H groups in total. The second-order valence-electron chi connectivity index (χ2n) is 4.92. The maximum absolute atomic E-state index is 12.6. The van der Waals surface area contributed by atoms with E-state index in [1.54, 1.807) is 6.07 Å². The number of hydrogen-bond donors (Lipinski definition) is 1. The molecule has 1 aromatic carbocycles. The molecule has 2 atom stereocenters. The zero-order valence-corrected chi connectivity index (χ0v) is 10.7. The number of nitrogens with one attached hydrogen (secondary N) is 1. The maximum atomic E-state index is 12.6. The van der Waals surface area contributed by atoms with Crippen molar-refractivity contribution >= 4 is 11.6 Å². The Bertz CT molecular complexity index is 613. The summed E-state index contributed by atoms with van der Waals surface area (Å²) in [4.78, 5) is 25.1. The van der Waals surface area contributed by atoms with E-state index < -0.39 is 0 Å². The van der Waals surface area contributed by atoms with Crippen LogP contribution in [0.25, 0.3) is 0 Å². The lowest BCUT2D eigenvalue weighted by Crippen LogP contribution is -2.36. The Balaban J connectivity index is 2.18. The second-order valence-corrected chi connectivity index (χ2v) is 4.92. The minimum Gasteiger partial charge on any atom is -0.316 e. The van der Waals surface area contributed by atoms with Gasteiger partial charge in [-0.15, -0.1) is 0 Å². The van der Waals surface area contributed by atoms with Crippen molar-refractivity contribution in [3.8, 4) is 0 Å². The van der Waals surface area contributed by atoms with Crippen LogP contribution in [0.2, 0.25) is 0 Å². The number of allylic oxidation sites excluding steroid dienone is 4. The summed E-state index contributed by atoms with van der Waals surface area (Å²) < 4.78 is 0. The lowest BCUT2D eigenvalue weighted by Gasteiger charge is -2.29. The van der Waals surface area contributed by atoms with Gasteiger partial charge in [-0.25, -0.2) is 0 Å². The van der Waals surface area contributed by atoms with E-state index in [4.69, 9.17) is 0 Å². The first-order valence-corrected chi connectivity index (χ1v) is 6.44. The average Bonchev–Trinajstić information content (AvgIpc) is 2.45. The number of rotatable bonds is 2. The highest BCUT2D eigenvalue weighted by atomic mass is 16.1. The number of fused-ring (bicyclic) bond motifs is 2. The summed E-state index contributed by atoms with van der Waals surface area (Å²) in [5, 5.41) is 3.05. The summed E-state index contributed by atoms with van der Waals surface area (Å²) in [6.45, 7) is 0.596. The molecule has 0 aliphatic heterocycles. The topological polar surface area (TPSA) is 46.2 Å². The third kappa shape index (κ3) is 1.78. The summed E-state index contributed by atoms with van der Waals surface area (Å²) in [5.74, 6) is -0.540. The number of carbonyl (C=O) groups is 2. The molecule has 3 nitrogen and oxygen atoms in total. The molecule has 0 saturated heterocycles. The summed E-state index contributed by atoms with van der Waals surface area (Å²) >= 11 is 0. The normalized spacial score (nSPS) is 24.3. The SMILES string of the molecule is CNCc1cccc2c1C(=O)C1C=CC=CC1C2=O. The molecular formula is C16H15NO2. The summed E-state index contributed by atoms with van der Waals surface area (Å²) in [6, 6.07) is 5.51. The van der Waals surface area contributed by atoms with E-state index in [1.165, 1.54) is 0 Å². The van der Waals surface area contributed by atoms with Crippen LogP contribution in [0.5, 0.6) is 0 Å². The molecule has 3 heteroatoms. The summed E-state index contributed by atoms with van der Waals surface area (Å²) in [7, 11) is 1.83. The molecular weight excluding hydrogens is 238 g/mol. The van der Waals surface area contributed by atoms with Crippen LogP contribution in [0.3, 0.4) is 0 Å². The van der Waals surface area contributed by atoms with Crippen molar-refractivity contribution in [1.29, 1.82) is 0 Å². The van der Waals surface area contributed by atoms with E-state index in [2.05, 4.69) is 5.32 Å². The van der Waals surface area contributed by atoms with Crippen molar-refractivity contribution in [3.05, 3.63) is 59.2 Å². The van der Waals surface area contributed by atoms with Gasteiger partial charge in [-0.3, -0.25) is 9.59 Å². The molecule has 0 bridgehead atoms. The molecule has 19 heavy (non-hydrogen) atoms. The van der Waals surface area contributed by atoms with Crippen LogP contribution in [0, 0.1) is 11.8 Å². The molecule has 0 heterocycles. The first-order valence-electron chi connectivity index (χ1n) is 6.44. The van der Waals surface area contributed by atoms with Gasteiger partial charge in [-0.1, -0.05) is 42.5 Å². The predicted molar refractivity (Wildman–Crippen MR) is 73.1 cm³/mol. The van der Waals surface area contributed by atoms with Gasteiger partial charge in [0.15, 0.2) is 11.6 Å². The van der Waals surface area contributed by atoms with Crippen molar-refractivity contribution in [2.45, 2.75) is 6.54 Å². The largest absolute Gasteiger partial charge is 0.316 e. The molecule has 1 aromatic rings. The fourth-order valence-corrected chi connectivity index (χ4v) is 2.89. The highest BCUT2D eigenvalue weighted by Gasteiger charge is 2.40. The van der Waals surface area contributed by atoms with Crippen LogP contribution >= 0.6 is 0 Å². The zero-order chi connectivity index (χ0) is 13.4. The molecule has 96 valence electrons. The van der Waals surface area contributed by atoms with E-state index in [9.17, 15) is 9.59 Å². The van der Waals surface area contributed by atoms with Crippen LogP contribution in [0.1, 0.15) is 26.3 Å². The van der Waals surface area contributed by atoms with E-state index in [1.807, 2.05) is 43.5 Å². The third-order valence-electron chi connectivity index (χ3n) is 3.77. The van der Waals surface area contributed by atoms with Gasteiger partial charge in [0.05, 0.1) is 11.8 Å². The van der Waals surface area contributed by atoms with Gasteiger partial charge in [0.25, 0.3) is 0 Å². The molecule has 0 saturated carbocycles. The van der Waals surface area contributed by atoms with E-state index in [-0.39, 0.29) is 23.4 Å². The van der Waals surface area contributed by atoms with Crippen molar-refractivity contribution < 1.29 is 9.59 Å². The minimum atomic E-state index is -0.331. The van der Waals surface area contributed by atoms with Crippen LogP contribution in [0.15, 0.2) is 42.5 Å². The average molecular weight is 253 g/mol. The third-order valence-corrected chi connectivity index (χ3v) is 3.77. The predicted octanol–water partition coefficient (Wildman–Crippen LogP) is 2.14. The first-order chi connectivity index (χ1) is 9.24. The van der Waals surface area contributed by atoms with Crippen molar-refractivity contribution in [2.75, 3.05) is 7.05 Å². The molecule has 0 aromatic heterocycles. The Hall–Kier alpha value is -2.00. The van der Waals surface area contributed by atoms with Gasteiger partial charge in [-0.2, -0.15) is 0 Å². The van der Waals surface area contributed by atoms with E-state index >= 15 is 0 Å². The highest BCUT2D eigenvalue weighted by Crippen LogP contribution is 2.35. The smallest absolute Gasteiger partial charge is 0.171 e. The van der Waals surface area contributed by atoms with E-state index in [0.717, 1.165) is 5.56 Å². The number of Topliss-reactive ketones (excluding diaryl/α,β-unsaturated/α-hetero) is 2. The Morgan fingerprint density at radius 3 is 2.42 bits per heavy atom. The molecule has 0 radical (unpaired) electrons. The number of benzene rings is 1. The Labute approximate surface area is 112 Å². The van der Waals surface area contributed by atoms with E-state index in [0.29, 0.717) is 17.7 Å². The summed E-state index contributed by atoms with van der Waals surface area (Å²) in [6.07, 6.45) is 7.36. The maximum Gasteiger partial charge on any atom is 0.171 e. The first kappa shape index (κ1) is 12.1. The van der Waals surface area contributed by atoms with Crippen LogP contribution in [-0.4, -0.2) is 18.6 Å². The number of hydrogen-bond acceptors (Lipinski definition) is 3. The standard InChI is InChI=1S/C16H15NO2/c1-17-9-10-5-4-8-13-14(10)16(19)12-7-3-2-6-11(12)15(13)18/h2-8,11-12,17H,9H2,1H3. The minimum absolute atomic E-state index is 0.0538. The monoisotopic (exact) mass is 253 g/mol. The van der Waals surface area contributed by atoms with Gasteiger partial charge >= 0.3 is 0 Å². The molecule has 2 aliphatic rings. The zero-order valence-electron chi connectivity index (χ0n) is 10.7. The molecule has 0 amide bonds. The Morgan fingerprint density at radius 2 is 1.74 bits per heavy atom. The lowest BCUT2D eigenvalue weighted by molar-refractivity contribution is 0.0800. The van der Waals surface area contributed by atoms with Crippen LogP contribution in [0.4, 0.5) is 0 Å². The van der Waals surface area contributed by atoms with Gasteiger partial charge < -0.3 is 5.32 Å². The van der Waals surface area contributed by atoms with Gasteiger partial charge in [0, 0.05) is 17.7 Å². The molecule has 2 aliphatic carbocycles. The fourth-order valence-electron chi connectivity index (χ4n) is 2.89. The number of ketones is 2.